The average molecular weight is 399 g/mol. The Bertz CT molecular complexity index is 938. The van der Waals surface area contributed by atoms with E-state index in [0.717, 1.165) is 0 Å². The van der Waals surface area contributed by atoms with Crippen molar-refractivity contribution in [1.82, 2.24) is 4.90 Å². The lowest BCUT2D eigenvalue weighted by atomic mass is 9.95. The maximum Gasteiger partial charge on any atom is 0.295 e. The van der Waals surface area contributed by atoms with Gasteiger partial charge in [0, 0.05) is 24.3 Å². The van der Waals surface area contributed by atoms with Gasteiger partial charge >= 0.3 is 0 Å². The maximum absolute atomic E-state index is 14.5. The number of likely N-dealkylation sites (tertiary alicyclic amines) is 1. The van der Waals surface area contributed by atoms with Crippen molar-refractivity contribution in [3.05, 3.63) is 71.0 Å². The summed E-state index contributed by atoms with van der Waals surface area (Å²) >= 11 is 0. The Morgan fingerprint density at radius 1 is 1.14 bits per heavy atom. The quantitative estimate of drug-likeness (QED) is 0.425. The molecule has 0 aromatic heterocycles. The average Bonchev–Trinajstić information content (AvgIpc) is 2.97. The normalized spacial score (nSPS) is 18.3. The molecule has 7 heteroatoms. The highest BCUT2D eigenvalue weighted by molar-refractivity contribution is 6.46. The minimum atomic E-state index is -1.07. The SMILES string of the molecule is CCOc1ccc(C(O)=C2C(=O)C(=O)N(CCCO)C2c2ccccc2F)cc1. The molecule has 0 radical (unpaired) electrons. The molecule has 2 aromatic carbocycles. The van der Waals surface area contributed by atoms with E-state index in [4.69, 9.17) is 9.84 Å². The zero-order valence-electron chi connectivity index (χ0n) is 16.0. The van der Waals surface area contributed by atoms with Crippen molar-refractivity contribution in [2.24, 2.45) is 0 Å². The van der Waals surface area contributed by atoms with Crippen LogP contribution in [0.1, 0.15) is 30.5 Å². The van der Waals surface area contributed by atoms with Crippen LogP contribution in [-0.2, 0) is 9.59 Å². The van der Waals surface area contributed by atoms with Gasteiger partial charge in [-0.05, 0) is 43.7 Å². The molecule has 1 amide bonds. The van der Waals surface area contributed by atoms with Crippen molar-refractivity contribution >= 4 is 17.4 Å². The van der Waals surface area contributed by atoms with Crippen molar-refractivity contribution in [3.8, 4) is 5.75 Å². The number of Topliss-reactive ketones (excluding diaryl/α,β-unsaturated/α-hetero) is 1. The molecule has 3 rings (SSSR count). The van der Waals surface area contributed by atoms with Crippen molar-refractivity contribution in [3.63, 3.8) is 0 Å². The third-order valence-electron chi connectivity index (χ3n) is 4.74. The van der Waals surface area contributed by atoms with Gasteiger partial charge in [0.15, 0.2) is 0 Å². The van der Waals surface area contributed by atoms with Crippen LogP contribution in [0.25, 0.3) is 5.76 Å². The minimum absolute atomic E-state index is 0.0557. The number of hydrogen-bond acceptors (Lipinski definition) is 5. The molecule has 152 valence electrons. The summed E-state index contributed by atoms with van der Waals surface area (Å²) in [6.45, 7) is 2.19. The molecule has 0 bridgehead atoms. The van der Waals surface area contributed by atoms with E-state index in [1.165, 1.54) is 23.1 Å². The smallest absolute Gasteiger partial charge is 0.295 e. The van der Waals surface area contributed by atoms with Crippen LogP contribution >= 0.6 is 0 Å². The fraction of sp³-hybridized carbons (Fsp3) is 0.273. The van der Waals surface area contributed by atoms with Crippen LogP contribution in [0, 0.1) is 5.82 Å². The van der Waals surface area contributed by atoms with Gasteiger partial charge in [-0.3, -0.25) is 9.59 Å². The Kier molecular flexibility index (Phi) is 6.29. The summed E-state index contributed by atoms with van der Waals surface area (Å²) in [5.74, 6) is -2.10. The van der Waals surface area contributed by atoms with Gasteiger partial charge in [0.25, 0.3) is 11.7 Å². The van der Waals surface area contributed by atoms with E-state index in [0.29, 0.717) is 17.9 Å². The van der Waals surface area contributed by atoms with Crippen LogP contribution in [0.5, 0.6) is 5.75 Å². The first kappa shape index (κ1) is 20.5. The summed E-state index contributed by atoms with van der Waals surface area (Å²) in [5.41, 5.74) is 0.245. The van der Waals surface area contributed by atoms with E-state index in [-0.39, 0.29) is 36.5 Å². The molecule has 1 heterocycles. The first-order valence-corrected chi connectivity index (χ1v) is 9.36. The number of aliphatic hydroxyl groups excluding tert-OH is 2. The maximum atomic E-state index is 14.5. The number of nitrogens with zero attached hydrogens (tertiary/aromatic N) is 1. The van der Waals surface area contributed by atoms with Crippen LogP contribution in [0.2, 0.25) is 0 Å². The van der Waals surface area contributed by atoms with E-state index in [9.17, 15) is 19.1 Å². The highest BCUT2D eigenvalue weighted by Gasteiger charge is 2.46. The number of aliphatic hydroxyl groups is 2. The lowest BCUT2D eigenvalue weighted by Crippen LogP contribution is -2.31. The van der Waals surface area contributed by atoms with Crippen molar-refractivity contribution in [2.45, 2.75) is 19.4 Å². The minimum Gasteiger partial charge on any atom is -0.507 e. The number of carbonyl (C=O) groups excluding carboxylic acids is 2. The molecule has 2 N–H and O–H groups in total. The Labute approximate surface area is 167 Å². The molecule has 0 spiro atoms. The predicted octanol–water partition coefficient (Wildman–Crippen LogP) is 3.03. The molecule has 2 aromatic rings. The Hall–Kier alpha value is -3.19. The highest BCUT2D eigenvalue weighted by Crippen LogP contribution is 2.40. The molecule has 1 aliphatic rings. The number of halogens is 1. The van der Waals surface area contributed by atoms with Gasteiger partial charge in [-0.15, -0.1) is 0 Å². The lowest BCUT2D eigenvalue weighted by molar-refractivity contribution is -0.140. The first-order chi connectivity index (χ1) is 14.0. The fourth-order valence-corrected chi connectivity index (χ4v) is 3.40. The molecule has 1 unspecified atom stereocenters. The third-order valence-corrected chi connectivity index (χ3v) is 4.74. The largest absolute Gasteiger partial charge is 0.507 e. The standard InChI is InChI=1S/C22H22FNO5/c1-2-29-15-10-8-14(9-11-15)20(26)18-19(16-6-3-4-7-17(16)23)24(12-5-13-25)22(28)21(18)27/h3-4,6-11,19,25-26H,2,5,12-13H2,1H3. The summed E-state index contributed by atoms with van der Waals surface area (Å²) in [4.78, 5) is 26.5. The second-order valence-corrected chi connectivity index (χ2v) is 6.55. The van der Waals surface area contributed by atoms with E-state index < -0.39 is 23.5 Å². The highest BCUT2D eigenvalue weighted by atomic mass is 19.1. The molecule has 1 aliphatic heterocycles. The molecule has 1 atom stereocenters. The van der Waals surface area contributed by atoms with Gasteiger partial charge < -0.3 is 19.8 Å². The van der Waals surface area contributed by atoms with Gasteiger partial charge in [-0.2, -0.15) is 0 Å². The van der Waals surface area contributed by atoms with Gasteiger partial charge in [0.05, 0.1) is 18.2 Å². The van der Waals surface area contributed by atoms with Crippen molar-refractivity contribution in [1.29, 1.82) is 0 Å². The Morgan fingerprint density at radius 2 is 1.83 bits per heavy atom. The number of ether oxygens (including phenoxy) is 1. The number of hydrogen-bond donors (Lipinski definition) is 2. The van der Waals surface area contributed by atoms with Crippen LogP contribution in [0.4, 0.5) is 4.39 Å². The monoisotopic (exact) mass is 399 g/mol. The number of rotatable bonds is 7. The zero-order valence-corrected chi connectivity index (χ0v) is 16.0. The number of carbonyl (C=O) groups is 2. The second-order valence-electron chi connectivity index (χ2n) is 6.55. The number of amides is 1. The summed E-state index contributed by atoms with van der Waals surface area (Å²) in [6.07, 6.45) is 0.223. The van der Waals surface area contributed by atoms with Gasteiger partial charge in [0.2, 0.25) is 0 Å². The third kappa shape index (κ3) is 4.00. The lowest BCUT2D eigenvalue weighted by Gasteiger charge is -2.25. The molecule has 1 saturated heterocycles. The first-order valence-electron chi connectivity index (χ1n) is 9.36. The van der Waals surface area contributed by atoms with Gasteiger partial charge in [0.1, 0.15) is 17.3 Å². The topological polar surface area (TPSA) is 87.1 Å². The summed E-state index contributed by atoms with van der Waals surface area (Å²) in [5, 5.41) is 20.0. The Balaban J connectivity index is 2.12. The fourth-order valence-electron chi connectivity index (χ4n) is 3.40. The predicted molar refractivity (Wildman–Crippen MR) is 105 cm³/mol. The van der Waals surface area contributed by atoms with Crippen LogP contribution < -0.4 is 4.74 Å². The molecule has 29 heavy (non-hydrogen) atoms. The molecular weight excluding hydrogens is 377 g/mol. The van der Waals surface area contributed by atoms with Crippen LogP contribution in [0.15, 0.2) is 54.1 Å². The van der Waals surface area contributed by atoms with Gasteiger partial charge in [-0.1, -0.05) is 18.2 Å². The summed E-state index contributed by atoms with van der Waals surface area (Å²) in [6, 6.07) is 11.2. The summed E-state index contributed by atoms with van der Waals surface area (Å²) in [7, 11) is 0. The van der Waals surface area contributed by atoms with Crippen molar-refractivity contribution in [2.75, 3.05) is 19.8 Å². The van der Waals surface area contributed by atoms with Crippen LogP contribution in [-0.4, -0.2) is 46.6 Å². The van der Waals surface area contributed by atoms with Gasteiger partial charge in [-0.25, -0.2) is 4.39 Å². The second kappa shape index (κ2) is 8.87. The van der Waals surface area contributed by atoms with E-state index in [1.807, 2.05) is 6.92 Å². The van der Waals surface area contributed by atoms with E-state index in [1.54, 1.807) is 30.3 Å². The summed E-state index contributed by atoms with van der Waals surface area (Å²) < 4.78 is 19.9. The zero-order chi connectivity index (χ0) is 21.0. The Morgan fingerprint density at radius 3 is 2.45 bits per heavy atom. The molecule has 0 saturated carbocycles. The van der Waals surface area contributed by atoms with E-state index in [2.05, 4.69) is 0 Å². The molecule has 1 fully saturated rings. The molecule has 0 aliphatic carbocycles. The molecular formula is C22H22FNO5. The number of ketones is 1. The molecule has 6 nitrogen and oxygen atoms in total. The number of benzene rings is 2. The van der Waals surface area contributed by atoms with Crippen LogP contribution in [0.3, 0.4) is 0 Å². The van der Waals surface area contributed by atoms with Crippen molar-refractivity contribution < 1.29 is 28.9 Å². The van der Waals surface area contributed by atoms with E-state index >= 15 is 0 Å².